The van der Waals surface area contributed by atoms with Crippen LogP contribution >= 0.6 is 0 Å². The number of nitrogens with zero attached hydrogens (tertiary/aromatic N) is 2. The predicted octanol–water partition coefficient (Wildman–Crippen LogP) is 12.4. The van der Waals surface area contributed by atoms with Crippen molar-refractivity contribution >= 4 is 24.3 Å². The van der Waals surface area contributed by atoms with Gasteiger partial charge in [0, 0.05) is 24.2 Å². The topological polar surface area (TPSA) is 59.1 Å². The van der Waals surface area contributed by atoms with Crippen molar-refractivity contribution in [3.05, 3.63) is 155 Å². The van der Waals surface area contributed by atoms with Crippen LogP contribution in [0.25, 0.3) is 12.2 Å². The molecule has 0 bridgehead atoms. The molecule has 0 N–H and O–H groups in total. The normalized spacial score (nSPS) is 24.9. The zero-order valence-electron chi connectivity index (χ0n) is 33.4. The smallest absolute Gasteiger partial charge is 0.414 e. The fourth-order valence-corrected chi connectivity index (χ4v) is 10.3. The van der Waals surface area contributed by atoms with Crippen LogP contribution in [-0.4, -0.2) is 34.2 Å². The molecule has 0 unspecified atom stereocenters. The average molecular weight is 749 g/mol. The third kappa shape index (κ3) is 7.19. The second-order valence-corrected chi connectivity index (χ2v) is 17.4. The molecule has 2 heterocycles. The summed E-state index contributed by atoms with van der Waals surface area (Å²) in [6.45, 7) is 9.13. The van der Waals surface area contributed by atoms with Crippen LogP contribution in [0, 0.1) is 11.8 Å². The first-order valence-corrected chi connectivity index (χ1v) is 20.8. The summed E-state index contributed by atoms with van der Waals surface area (Å²) in [6, 6.07) is 36.5. The first-order chi connectivity index (χ1) is 27.1. The minimum Gasteiger partial charge on any atom is -0.446 e. The Hall–Kier alpha value is -5.10. The Kier molecular flexibility index (Phi) is 10.7. The first kappa shape index (κ1) is 37.8. The van der Waals surface area contributed by atoms with Gasteiger partial charge in [0.1, 0.15) is 12.2 Å². The quantitative estimate of drug-likeness (QED) is 0.189. The Balaban J connectivity index is 1.13. The van der Waals surface area contributed by atoms with E-state index in [2.05, 4.69) is 113 Å². The molecule has 4 aliphatic rings. The van der Waals surface area contributed by atoms with Gasteiger partial charge in [-0.25, -0.2) is 9.59 Å². The number of carbonyl (C=O) groups is 2. The van der Waals surface area contributed by atoms with E-state index < -0.39 is 12.1 Å². The van der Waals surface area contributed by atoms with E-state index in [0.717, 1.165) is 73.6 Å². The fraction of sp³-hybridized carbons (Fsp3) is 0.400. The monoisotopic (exact) mass is 748 g/mol. The van der Waals surface area contributed by atoms with Crippen molar-refractivity contribution in [2.24, 2.45) is 11.8 Å². The van der Waals surface area contributed by atoms with Gasteiger partial charge in [0.2, 0.25) is 0 Å². The van der Waals surface area contributed by atoms with E-state index in [1.165, 1.54) is 11.1 Å². The van der Waals surface area contributed by atoms with Crippen molar-refractivity contribution in [2.75, 3.05) is 0 Å². The largest absolute Gasteiger partial charge is 0.446 e. The van der Waals surface area contributed by atoms with Gasteiger partial charge in [-0.3, -0.25) is 9.80 Å². The Morgan fingerprint density at radius 2 is 0.857 bits per heavy atom. The van der Waals surface area contributed by atoms with E-state index >= 15 is 0 Å². The highest BCUT2D eigenvalue weighted by atomic mass is 16.6. The van der Waals surface area contributed by atoms with Gasteiger partial charge in [-0.2, -0.15) is 0 Å². The highest BCUT2D eigenvalue weighted by Crippen LogP contribution is 2.49. The van der Waals surface area contributed by atoms with E-state index in [0.29, 0.717) is 0 Å². The summed E-state index contributed by atoms with van der Waals surface area (Å²) in [7, 11) is 0. The van der Waals surface area contributed by atoms with Crippen LogP contribution < -0.4 is 0 Å². The predicted molar refractivity (Wildman–Crippen MR) is 224 cm³/mol. The van der Waals surface area contributed by atoms with Gasteiger partial charge >= 0.3 is 12.2 Å². The third-order valence-corrected chi connectivity index (χ3v) is 13.6. The van der Waals surface area contributed by atoms with Crippen molar-refractivity contribution in [2.45, 2.75) is 114 Å². The van der Waals surface area contributed by atoms with E-state index in [1.807, 2.05) is 48.8 Å². The number of rotatable bonds is 7. The standard InChI is InChI=1S/C50H56N2O4/c1-49(2,37-21-7-5-8-22-37)41-27-15-17-29-43(41)55-47(53)51-33-31-35-19-11-13-25-39(35)45(51)46-40-26-14-12-20-36(40)32-34-52(46)48(54)56-44-30-18-16-28-42(44)50(3,4)38-23-9-6-10-24-38/h5-14,19-26,31-34,41-46H,15-18,27-30H2,1-4H3/t41-,42-,43-,44-,45+,46+/m0/s1. The van der Waals surface area contributed by atoms with Gasteiger partial charge in [0.05, 0.1) is 12.1 Å². The average Bonchev–Trinajstić information content (AvgIpc) is 3.23. The molecule has 2 saturated carbocycles. The Morgan fingerprint density at radius 3 is 1.27 bits per heavy atom. The van der Waals surface area contributed by atoms with Crippen molar-refractivity contribution in [3.63, 3.8) is 0 Å². The van der Waals surface area contributed by atoms with E-state index in [4.69, 9.17) is 9.47 Å². The van der Waals surface area contributed by atoms with Gasteiger partial charge in [0.25, 0.3) is 0 Å². The molecule has 6 nitrogen and oxygen atoms in total. The molecule has 2 aliphatic carbocycles. The summed E-state index contributed by atoms with van der Waals surface area (Å²) in [5.74, 6) is 0.325. The molecule has 2 aliphatic heterocycles. The van der Waals surface area contributed by atoms with Gasteiger partial charge in [-0.15, -0.1) is 0 Å². The van der Waals surface area contributed by atoms with Crippen molar-refractivity contribution < 1.29 is 19.1 Å². The molecule has 4 aromatic rings. The zero-order chi connectivity index (χ0) is 38.9. The first-order valence-electron chi connectivity index (χ1n) is 20.8. The van der Waals surface area contributed by atoms with Crippen LogP contribution in [0.15, 0.2) is 122 Å². The van der Waals surface area contributed by atoms with E-state index in [-0.39, 0.29) is 47.1 Å². The summed E-state index contributed by atoms with van der Waals surface area (Å²) < 4.78 is 13.3. The lowest BCUT2D eigenvalue weighted by atomic mass is 9.66. The third-order valence-electron chi connectivity index (χ3n) is 13.6. The maximum Gasteiger partial charge on any atom is 0.414 e. The zero-order valence-corrected chi connectivity index (χ0v) is 33.4. The lowest BCUT2D eigenvalue weighted by Gasteiger charge is -2.46. The number of carbonyl (C=O) groups excluding carboxylic acids is 2. The van der Waals surface area contributed by atoms with Crippen LogP contribution in [0.3, 0.4) is 0 Å². The van der Waals surface area contributed by atoms with Gasteiger partial charge < -0.3 is 9.47 Å². The molecular formula is C50H56N2O4. The molecule has 0 saturated heterocycles. The van der Waals surface area contributed by atoms with Gasteiger partial charge in [0.15, 0.2) is 0 Å². The van der Waals surface area contributed by atoms with Crippen LogP contribution in [0.1, 0.15) is 125 Å². The Bertz CT molecular complexity index is 1920. The number of fused-ring (bicyclic) bond motifs is 2. The molecule has 56 heavy (non-hydrogen) atoms. The highest BCUT2D eigenvalue weighted by Gasteiger charge is 2.47. The molecule has 6 heteroatoms. The molecule has 2 fully saturated rings. The molecule has 0 aromatic heterocycles. The lowest BCUT2D eigenvalue weighted by Crippen LogP contribution is -2.48. The number of ether oxygens (including phenoxy) is 2. The van der Waals surface area contributed by atoms with Crippen molar-refractivity contribution in [1.82, 2.24) is 9.80 Å². The molecule has 6 atom stereocenters. The summed E-state index contributed by atoms with van der Waals surface area (Å²) in [5, 5.41) is 0. The molecule has 290 valence electrons. The van der Waals surface area contributed by atoms with Crippen LogP contribution in [-0.2, 0) is 20.3 Å². The number of amides is 2. The summed E-state index contributed by atoms with van der Waals surface area (Å²) in [6.07, 6.45) is 14.3. The van der Waals surface area contributed by atoms with Gasteiger partial charge in [-0.1, -0.05) is 150 Å². The molecule has 2 amide bonds. The minimum atomic E-state index is -0.561. The Morgan fingerprint density at radius 1 is 0.500 bits per heavy atom. The van der Waals surface area contributed by atoms with Crippen molar-refractivity contribution in [1.29, 1.82) is 0 Å². The van der Waals surface area contributed by atoms with Gasteiger partial charge in [-0.05, 0) is 94.9 Å². The molecule has 0 radical (unpaired) electrons. The summed E-state index contributed by atoms with van der Waals surface area (Å²) >= 11 is 0. The summed E-state index contributed by atoms with van der Waals surface area (Å²) in [4.78, 5) is 33.1. The second-order valence-electron chi connectivity index (χ2n) is 17.4. The number of hydrogen-bond donors (Lipinski definition) is 0. The highest BCUT2D eigenvalue weighted by molar-refractivity contribution is 5.77. The second kappa shape index (κ2) is 15.8. The fourth-order valence-electron chi connectivity index (χ4n) is 10.3. The van der Waals surface area contributed by atoms with Crippen LogP contribution in [0.2, 0.25) is 0 Å². The van der Waals surface area contributed by atoms with E-state index in [9.17, 15) is 9.59 Å². The van der Waals surface area contributed by atoms with Crippen LogP contribution in [0.5, 0.6) is 0 Å². The lowest BCUT2D eigenvalue weighted by molar-refractivity contribution is -0.0191. The van der Waals surface area contributed by atoms with Crippen molar-refractivity contribution in [3.8, 4) is 0 Å². The molecule has 8 rings (SSSR count). The van der Waals surface area contributed by atoms with E-state index in [1.54, 1.807) is 9.80 Å². The minimum absolute atomic E-state index is 0.162. The number of hydrogen-bond acceptors (Lipinski definition) is 4. The number of benzene rings is 4. The molecule has 0 spiro atoms. The van der Waals surface area contributed by atoms with Crippen LogP contribution in [0.4, 0.5) is 9.59 Å². The molecule has 4 aromatic carbocycles. The maximum absolute atomic E-state index is 14.8. The molecular weight excluding hydrogens is 693 g/mol. The Labute approximate surface area is 333 Å². The SMILES string of the molecule is CC(C)(c1ccccc1)[C@H]1CCCC[C@@H]1OC(=O)N1C=Cc2ccccc2[C@@H]1[C@H]1c2ccccc2C=CN1C(=O)O[C@H]1CCCC[C@@H]1C(C)(C)c1ccccc1. The maximum atomic E-state index is 14.8. The summed E-state index contributed by atoms with van der Waals surface area (Å²) in [5.41, 5.74) is 6.09.